The Morgan fingerprint density at radius 3 is 2.88 bits per heavy atom. The Bertz CT molecular complexity index is 410. The lowest BCUT2D eigenvalue weighted by Gasteiger charge is -2.11. The fraction of sp³-hybridized carbons (Fsp3) is 0.667. The smallest absolute Gasteiger partial charge is 0.239 e. The highest BCUT2D eigenvalue weighted by molar-refractivity contribution is 6.29. The van der Waals surface area contributed by atoms with Crippen LogP contribution in [0, 0.1) is 5.92 Å². The summed E-state index contributed by atoms with van der Waals surface area (Å²) in [6, 6.07) is 0. The molecule has 1 fully saturated rings. The van der Waals surface area contributed by atoms with Gasteiger partial charge in [-0.05, 0) is 18.8 Å². The molecule has 5 heteroatoms. The lowest BCUT2D eigenvalue weighted by atomic mass is 10.2. The van der Waals surface area contributed by atoms with Gasteiger partial charge in [0.25, 0.3) is 0 Å². The van der Waals surface area contributed by atoms with E-state index in [1.165, 1.54) is 12.8 Å². The lowest BCUT2D eigenvalue weighted by molar-refractivity contribution is -0.113. The van der Waals surface area contributed by atoms with E-state index in [0.717, 1.165) is 17.9 Å². The number of anilines is 1. The summed E-state index contributed by atoms with van der Waals surface area (Å²) in [7, 11) is 0. The average molecular weight is 256 g/mol. The predicted molar refractivity (Wildman–Crippen MR) is 68.4 cm³/mol. The fourth-order valence-electron chi connectivity index (χ4n) is 1.95. The van der Waals surface area contributed by atoms with E-state index in [1.54, 1.807) is 6.20 Å². The molecule has 17 heavy (non-hydrogen) atoms. The Morgan fingerprint density at radius 2 is 2.35 bits per heavy atom. The van der Waals surface area contributed by atoms with Crippen molar-refractivity contribution in [1.29, 1.82) is 0 Å². The van der Waals surface area contributed by atoms with Crippen molar-refractivity contribution in [1.82, 2.24) is 9.78 Å². The van der Waals surface area contributed by atoms with Crippen molar-refractivity contribution in [3.05, 3.63) is 11.9 Å². The third-order valence-electron chi connectivity index (χ3n) is 2.78. The number of alkyl halides is 1. The highest BCUT2D eigenvalue weighted by Gasteiger charge is 2.30. The van der Waals surface area contributed by atoms with Crippen LogP contribution in [0.5, 0.6) is 0 Å². The van der Waals surface area contributed by atoms with Gasteiger partial charge in [0.15, 0.2) is 0 Å². The van der Waals surface area contributed by atoms with E-state index in [9.17, 15) is 4.79 Å². The summed E-state index contributed by atoms with van der Waals surface area (Å²) >= 11 is 5.50. The van der Waals surface area contributed by atoms with E-state index < -0.39 is 0 Å². The van der Waals surface area contributed by atoms with Crippen molar-refractivity contribution >= 4 is 23.2 Å². The number of hydrogen-bond donors (Lipinski definition) is 1. The minimum Gasteiger partial charge on any atom is -0.322 e. The van der Waals surface area contributed by atoms with Crippen LogP contribution < -0.4 is 5.32 Å². The van der Waals surface area contributed by atoms with Gasteiger partial charge in [-0.25, -0.2) is 0 Å². The monoisotopic (exact) mass is 255 g/mol. The van der Waals surface area contributed by atoms with Gasteiger partial charge in [-0.15, -0.1) is 11.6 Å². The predicted octanol–water partition coefficient (Wildman–Crippen LogP) is 2.59. The molecule has 0 bridgehead atoms. The van der Waals surface area contributed by atoms with Crippen LogP contribution >= 0.6 is 11.6 Å². The minimum atomic E-state index is -0.169. The quantitative estimate of drug-likeness (QED) is 0.822. The number of halogens is 1. The van der Waals surface area contributed by atoms with Crippen LogP contribution in [-0.2, 0) is 11.3 Å². The molecule has 0 saturated heterocycles. The van der Waals surface area contributed by atoms with Crippen molar-refractivity contribution in [3.8, 4) is 0 Å². The van der Waals surface area contributed by atoms with E-state index in [1.807, 2.05) is 4.68 Å². The summed E-state index contributed by atoms with van der Waals surface area (Å²) in [6.45, 7) is 5.22. The first-order valence-electron chi connectivity index (χ1n) is 6.03. The molecule has 1 aliphatic rings. The van der Waals surface area contributed by atoms with Crippen LogP contribution in [0.3, 0.4) is 0 Å². The van der Waals surface area contributed by atoms with Crippen molar-refractivity contribution < 1.29 is 4.79 Å². The first-order chi connectivity index (χ1) is 8.11. The molecule has 1 amide bonds. The summed E-state index contributed by atoms with van der Waals surface area (Å²) in [6.07, 6.45) is 4.11. The van der Waals surface area contributed by atoms with Crippen molar-refractivity contribution in [2.75, 3.05) is 11.2 Å². The van der Waals surface area contributed by atoms with Gasteiger partial charge in [0, 0.05) is 12.5 Å². The van der Waals surface area contributed by atoms with Gasteiger partial charge in [-0.3, -0.25) is 9.48 Å². The molecule has 1 saturated carbocycles. The first-order valence-corrected chi connectivity index (χ1v) is 6.56. The van der Waals surface area contributed by atoms with Gasteiger partial charge >= 0.3 is 0 Å². The van der Waals surface area contributed by atoms with Crippen LogP contribution in [0.2, 0.25) is 0 Å². The number of rotatable bonds is 5. The molecule has 2 rings (SSSR count). The average Bonchev–Trinajstić information content (AvgIpc) is 3.03. The molecule has 0 aromatic carbocycles. The molecule has 0 aliphatic heterocycles. The van der Waals surface area contributed by atoms with Gasteiger partial charge in [0.05, 0.1) is 17.6 Å². The topological polar surface area (TPSA) is 46.9 Å². The molecule has 4 nitrogen and oxygen atoms in total. The molecule has 0 unspecified atom stereocenters. The number of nitrogens with zero attached hydrogens (tertiary/aromatic N) is 2. The second kappa shape index (κ2) is 5.08. The van der Waals surface area contributed by atoms with Gasteiger partial charge in [0.2, 0.25) is 5.91 Å². The summed E-state index contributed by atoms with van der Waals surface area (Å²) in [5.41, 5.74) is 2.00. The Labute approximate surface area is 106 Å². The highest BCUT2D eigenvalue weighted by atomic mass is 35.5. The highest BCUT2D eigenvalue weighted by Crippen LogP contribution is 2.43. The van der Waals surface area contributed by atoms with Crippen LogP contribution in [-0.4, -0.2) is 21.6 Å². The molecule has 1 aliphatic carbocycles. The number of aromatic nitrogens is 2. The van der Waals surface area contributed by atoms with E-state index in [-0.39, 0.29) is 11.8 Å². The molecule has 0 atom stereocenters. The molecular formula is C12H18ClN3O. The first kappa shape index (κ1) is 12.4. The standard InChI is InChI=1S/C12H18ClN3O/c1-8(2)7-16-12(9-3-4-9)10(6-14-16)15-11(17)5-13/h6,8-9H,3-5,7H2,1-2H3,(H,15,17). The normalized spacial score (nSPS) is 15.3. The number of carbonyl (C=O) groups is 1. The molecule has 1 aromatic heterocycles. The van der Waals surface area contributed by atoms with Crippen molar-refractivity contribution in [2.45, 2.75) is 39.2 Å². The summed E-state index contributed by atoms with van der Waals surface area (Å²) in [4.78, 5) is 11.3. The van der Waals surface area contributed by atoms with Crippen LogP contribution in [0.1, 0.15) is 38.3 Å². The van der Waals surface area contributed by atoms with Gasteiger partial charge in [0.1, 0.15) is 5.88 Å². The number of carbonyl (C=O) groups excluding carboxylic acids is 1. The van der Waals surface area contributed by atoms with Gasteiger partial charge in [-0.1, -0.05) is 13.8 Å². The molecule has 1 N–H and O–H groups in total. The van der Waals surface area contributed by atoms with Crippen LogP contribution in [0.4, 0.5) is 5.69 Å². The van der Waals surface area contributed by atoms with E-state index >= 15 is 0 Å². The van der Waals surface area contributed by atoms with E-state index in [2.05, 4.69) is 24.3 Å². The zero-order valence-corrected chi connectivity index (χ0v) is 11.0. The Morgan fingerprint density at radius 1 is 1.65 bits per heavy atom. The van der Waals surface area contributed by atoms with Crippen molar-refractivity contribution in [2.24, 2.45) is 5.92 Å². The summed E-state index contributed by atoms with van der Waals surface area (Å²) in [5.74, 6) is 0.919. The molecule has 1 heterocycles. The van der Waals surface area contributed by atoms with Crippen molar-refractivity contribution in [3.63, 3.8) is 0 Å². The van der Waals surface area contributed by atoms with Crippen LogP contribution in [0.15, 0.2) is 6.20 Å². The fourth-order valence-corrected chi connectivity index (χ4v) is 2.02. The Kier molecular flexibility index (Phi) is 3.72. The number of hydrogen-bond acceptors (Lipinski definition) is 2. The van der Waals surface area contributed by atoms with E-state index in [0.29, 0.717) is 11.8 Å². The second-order valence-corrected chi connectivity index (χ2v) is 5.24. The zero-order chi connectivity index (χ0) is 12.4. The summed E-state index contributed by atoms with van der Waals surface area (Å²) < 4.78 is 2.02. The molecule has 0 spiro atoms. The SMILES string of the molecule is CC(C)Cn1ncc(NC(=O)CCl)c1C1CC1. The van der Waals surface area contributed by atoms with Crippen LogP contribution in [0.25, 0.3) is 0 Å². The Balaban J connectivity index is 2.20. The number of amides is 1. The third-order valence-corrected chi connectivity index (χ3v) is 3.02. The van der Waals surface area contributed by atoms with Gasteiger partial charge < -0.3 is 5.32 Å². The lowest BCUT2D eigenvalue weighted by Crippen LogP contribution is -2.15. The second-order valence-electron chi connectivity index (χ2n) is 4.98. The molecule has 1 aromatic rings. The summed E-state index contributed by atoms with van der Waals surface area (Å²) in [5, 5.41) is 7.18. The zero-order valence-electron chi connectivity index (χ0n) is 10.2. The number of nitrogens with one attached hydrogen (secondary N) is 1. The maximum Gasteiger partial charge on any atom is 0.239 e. The third kappa shape index (κ3) is 3.00. The molecule has 94 valence electrons. The Hall–Kier alpha value is -1.03. The maximum atomic E-state index is 11.3. The van der Waals surface area contributed by atoms with E-state index in [4.69, 9.17) is 11.6 Å². The molecule has 0 radical (unpaired) electrons. The maximum absolute atomic E-state index is 11.3. The molecular weight excluding hydrogens is 238 g/mol. The minimum absolute atomic E-state index is 0.0144. The van der Waals surface area contributed by atoms with Gasteiger partial charge in [-0.2, -0.15) is 5.10 Å². The largest absolute Gasteiger partial charge is 0.322 e.